The normalized spacial score (nSPS) is 17.3. The highest BCUT2D eigenvalue weighted by Gasteiger charge is 2.25. The summed E-state index contributed by atoms with van der Waals surface area (Å²) in [6, 6.07) is 6.69. The van der Waals surface area contributed by atoms with Crippen LogP contribution in [0.25, 0.3) is 0 Å². The van der Waals surface area contributed by atoms with Crippen molar-refractivity contribution in [3.8, 4) is 0 Å². The number of amides is 1. The summed E-state index contributed by atoms with van der Waals surface area (Å²) in [6.45, 7) is 2.03. The highest BCUT2D eigenvalue weighted by Crippen LogP contribution is 2.23. The van der Waals surface area contributed by atoms with E-state index in [4.69, 9.17) is 0 Å². The molecule has 24 heavy (non-hydrogen) atoms. The maximum Gasteiger partial charge on any atom is 0.223 e. The van der Waals surface area contributed by atoms with E-state index in [0.717, 1.165) is 29.7 Å². The second-order valence-corrected chi connectivity index (χ2v) is 8.36. The van der Waals surface area contributed by atoms with Crippen LogP contribution in [0.4, 0.5) is 0 Å². The van der Waals surface area contributed by atoms with Gasteiger partial charge in [-0.3, -0.25) is 9.89 Å². The Kier molecular flexibility index (Phi) is 4.71. The monoisotopic (exact) mass is 347 g/mol. The second kappa shape index (κ2) is 6.76. The Morgan fingerprint density at radius 3 is 2.79 bits per heavy atom. The largest absolute Gasteiger partial charge is 0.352 e. The molecule has 1 atom stereocenters. The molecule has 0 bridgehead atoms. The molecule has 1 unspecified atom stereocenters. The number of fused-ring (bicyclic) bond motifs is 1. The zero-order valence-electron chi connectivity index (χ0n) is 13.6. The molecule has 2 N–H and O–H groups in total. The molecule has 0 saturated heterocycles. The molecule has 1 aliphatic carbocycles. The van der Waals surface area contributed by atoms with Crippen molar-refractivity contribution in [3.63, 3.8) is 0 Å². The summed E-state index contributed by atoms with van der Waals surface area (Å²) in [7, 11) is -3.18. The Morgan fingerprint density at radius 1 is 1.33 bits per heavy atom. The van der Waals surface area contributed by atoms with Crippen LogP contribution in [0.2, 0.25) is 0 Å². The first kappa shape index (κ1) is 16.7. The number of carbonyl (C=O) groups is 1. The Bertz CT molecular complexity index is 825. The molecule has 0 radical (unpaired) electrons. The number of nitrogens with one attached hydrogen (secondary N) is 2. The summed E-state index contributed by atoms with van der Waals surface area (Å²) in [5.74, 6) is 0.0859. The molecule has 1 amide bonds. The van der Waals surface area contributed by atoms with Crippen molar-refractivity contribution >= 4 is 15.7 Å². The Labute approximate surface area is 141 Å². The molecule has 0 fully saturated rings. The van der Waals surface area contributed by atoms with Gasteiger partial charge in [-0.05, 0) is 42.5 Å². The van der Waals surface area contributed by atoms with Crippen molar-refractivity contribution in [1.82, 2.24) is 15.5 Å². The molecule has 0 spiro atoms. The van der Waals surface area contributed by atoms with E-state index in [-0.39, 0.29) is 17.6 Å². The van der Waals surface area contributed by atoms with Crippen molar-refractivity contribution in [1.29, 1.82) is 0 Å². The molecule has 0 aliphatic heterocycles. The lowest BCUT2D eigenvalue weighted by atomic mass is 9.87. The summed E-state index contributed by atoms with van der Waals surface area (Å²) >= 11 is 0. The summed E-state index contributed by atoms with van der Waals surface area (Å²) in [5, 5.41) is 9.93. The highest BCUT2D eigenvalue weighted by atomic mass is 32.2. The van der Waals surface area contributed by atoms with Gasteiger partial charge in [-0.15, -0.1) is 0 Å². The quantitative estimate of drug-likeness (QED) is 0.860. The maximum absolute atomic E-state index is 12.3. The number of rotatable bonds is 5. The molecule has 7 heteroatoms. The average Bonchev–Trinajstić information content (AvgIpc) is 3.07. The fourth-order valence-corrected chi connectivity index (χ4v) is 3.84. The van der Waals surface area contributed by atoms with Crippen LogP contribution in [0, 0.1) is 5.92 Å². The average molecular weight is 347 g/mol. The van der Waals surface area contributed by atoms with Crippen LogP contribution < -0.4 is 5.32 Å². The number of hydrogen-bond acceptors (Lipinski definition) is 4. The van der Waals surface area contributed by atoms with Gasteiger partial charge in [-0.2, -0.15) is 5.10 Å². The minimum Gasteiger partial charge on any atom is -0.352 e. The van der Waals surface area contributed by atoms with Gasteiger partial charge in [-0.1, -0.05) is 19.1 Å². The predicted octanol–water partition coefficient (Wildman–Crippen LogP) is 1.62. The SMILES string of the molecule is CCS(=O)(=O)c1ccc(CNC(=O)C2CCc3[nH]ncc3C2)cc1. The number of H-pyrrole nitrogens is 1. The molecule has 1 aromatic carbocycles. The van der Waals surface area contributed by atoms with Gasteiger partial charge in [0.25, 0.3) is 0 Å². The van der Waals surface area contributed by atoms with E-state index in [1.165, 1.54) is 0 Å². The standard InChI is InChI=1S/C17H21N3O3S/c1-2-24(22,23)15-6-3-12(4-7-15)10-18-17(21)13-5-8-16-14(9-13)11-19-20-16/h3-4,6-7,11,13H,2,5,8-10H2,1H3,(H,18,21)(H,19,20). The zero-order valence-corrected chi connectivity index (χ0v) is 14.4. The van der Waals surface area contributed by atoms with Crippen LogP contribution in [0.15, 0.2) is 35.4 Å². The maximum atomic E-state index is 12.3. The predicted molar refractivity (Wildman–Crippen MR) is 90.1 cm³/mol. The van der Waals surface area contributed by atoms with Crippen molar-refractivity contribution in [2.75, 3.05) is 5.75 Å². The van der Waals surface area contributed by atoms with E-state index in [1.54, 1.807) is 37.4 Å². The lowest BCUT2D eigenvalue weighted by molar-refractivity contribution is -0.125. The second-order valence-electron chi connectivity index (χ2n) is 6.08. The Balaban J connectivity index is 1.57. The molecular weight excluding hydrogens is 326 g/mol. The minimum atomic E-state index is -3.18. The van der Waals surface area contributed by atoms with Gasteiger partial charge in [0.2, 0.25) is 5.91 Å². The summed E-state index contributed by atoms with van der Waals surface area (Å²) in [6.07, 6.45) is 4.17. The topological polar surface area (TPSA) is 91.9 Å². The zero-order chi connectivity index (χ0) is 17.2. The third-order valence-electron chi connectivity index (χ3n) is 4.52. The third-order valence-corrected chi connectivity index (χ3v) is 6.27. The highest BCUT2D eigenvalue weighted by molar-refractivity contribution is 7.91. The first-order valence-electron chi connectivity index (χ1n) is 8.10. The van der Waals surface area contributed by atoms with Crippen molar-refractivity contribution in [2.45, 2.75) is 37.6 Å². The molecule has 6 nitrogen and oxygen atoms in total. The number of aromatic nitrogens is 2. The van der Waals surface area contributed by atoms with Gasteiger partial charge in [0, 0.05) is 18.2 Å². The van der Waals surface area contributed by atoms with E-state index in [1.807, 2.05) is 0 Å². The van der Waals surface area contributed by atoms with Gasteiger partial charge < -0.3 is 5.32 Å². The first-order chi connectivity index (χ1) is 11.5. The van der Waals surface area contributed by atoms with Crippen molar-refractivity contribution in [3.05, 3.63) is 47.3 Å². The van der Waals surface area contributed by atoms with Gasteiger partial charge >= 0.3 is 0 Å². The van der Waals surface area contributed by atoms with Gasteiger partial charge in [-0.25, -0.2) is 8.42 Å². The smallest absolute Gasteiger partial charge is 0.223 e. The molecule has 3 rings (SSSR count). The Hall–Kier alpha value is -2.15. The van der Waals surface area contributed by atoms with Gasteiger partial charge in [0.1, 0.15) is 0 Å². The fourth-order valence-electron chi connectivity index (χ4n) is 2.95. The molecule has 0 saturated carbocycles. The number of benzene rings is 1. The number of carbonyl (C=O) groups excluding carboxylic acids is 1. The summed E-state index contributed by atoms with van der Waals surface area (Å²) in [5.41, 5.74) is 3.14. The van der Waals surface area contributed by atoms with Crippen LogP contribution >= 0.6 is 0 Å². The lowest BCUT2D eigenvalue weighted by Gasteiger charge is -2.21. The van der Waals surface area contributed by atoms with Crippen LogP contribution in [-0.2, 0) is 34.0 Å². The number of aromatic amines is 1. The van der Waals surface area contributed by atoms with Crippen LogP contribution in [0.1, 0.15) is 30.2 Å². The number of hydrogen-bond donors (Lipinski definition) is 2. The third kappa shape index (κ3) is 3.51. The molecular formula is C17H21N3O3S. The van der Waals surface area contributed by atoms with Crippen molar-refractivity contribution < 1.29 is 13.2 Å². The molecule has 2 aromatic rings. The molecule has 128 valence electrons. The Morgan fingerprint density at radius 2 is 2.08 bits per heavy atom. The van der Waals surface area contributed by atoms with E-state index < -0.39 is 9.84 Å². The van der Waals surface area contributed by atoms with E-state index in [0.29, 0.717) is 17.9 Å². The number of sulfone groups is 1. The lowest BCUT2D eigenvalue weighted by Crippen LogP contribution is -2.33. The van der Waals surface area contributed by atoms with Crippen LogP contribution in [-0.4, -0.2) is 30.3 Å². The fraction of sp³-hybridized carbons (Fsp3) is 0.412. The molecule has 1 aliphatic rings. The van der Waals surface area contributed by atoms with Crippen LogP contribution in [0.3, 0.4) is 0 Å². The summed E-state index contributed by atoms with van der Waals surface area (Å²) < 4.78 is 23.6. The van der Waals surface area contributed by atoms with E-state index in [2.05, 4.69) is 15.5 Å². The minimum absolute atomic E-state index is 0.0326. The molecule has 1 aromatic heterocycles. The van der Waals surface area contributed by atoms with Crippen molar-refractivity contribution in [2.24, 2.45) is 5.92 Å². The van der Waals surface area contributed by atoms with Crippen LogP contribution in [0.5, 0.6) is 0 Å². The number of aryl methyl sites for hydroxylation is 1. The molecule has 1 heterocycles. The van der Waals surface area contributed by atoms with Gasteiger partial charge in [0.15, 0.2) is 9.84 Å². The number of nitrogens with zero attached hydrogens (tertiary/aromatic N) is 1. The van der Waals surface area contributed by atoms with E-state index >= 15 is 0 Å². The van der Waals surface area contributed by atoms with Gasteiger partial charge in [0.05, 0.1) is 16.8 Å². The van der Waals surface area contributed by atoms with E-state index in [9.17, 15) is 13.2 Å². The first-order valence-corrected chi connectivity index (χ1v) is 9.75. The summed E-state index contributed by atoms with van der Waals surface area (Å²) in [4.78, 5) is 12.7.